The van der Waals surface area contributed by atoms with Gasteiger partial charge in [-0.1, -0.05) is 0 Å². The van der Waals surface area contributed by atoms with Crippen molar-refractivity contribution in [2.45, 2.75) is 25.9 Å². The van der Waals surface area contributed by atoms with Gasteiger partial charge in [0.1, 0.15) is 6.61 Å². The summed E-state index contributed by atoms with van der Waals surface area (Å²) in [5.74, 6) is -0.305. The first-order chi connectivity index (χ1) is 6.33. The zero-order valence-corrected chi connectivity index (χ0v) is 7.95. The second-order valence-corrected chi connectivity index (χ2v) is 2.96. The van der Waals surface area contributed by atoms with Crippen LogP contribution in [-0.4, -0.2) is 38.5 Å². The van der Waals surface area contributed by atoms with Gasteiger partial charge in [-0.05, 0) is 19.8 Å². The summed E-state index contributed by atoms with van der Waals surface area (Å²) in [6, 6.07) is 0. The molecule has 1 fully saturated rings. The average Bonchev–Trinajstić information content (AvgIpc) is 2.57. The van der Waals surface area contributed by atoms with Crippen LogP contribution in [0.4, 0.5) is 0 Å². The van der Waals surface area contributed by atoms with Crippen LogP contribution in [0.5, 0.6) is 0 Å². The SMILES string of the molecule is CCOC(=O)COCC1CCCO1. The van der Waals surface area contributed by atoms with Crippen LogP contribution in [0.25, 0.3) is 0 Å². The minimum Gasteiger partial charge on any atom is -0.464 e. The van der Waals surface area contributed by atoms with Crippen LogP contribution in [0, 0.1) is 0 Å². The molecule has 13 heavy (non-hydrogen) atoms. The topological polar surface area (TPSA) is 44.8 Å². The lowest BCUT2D eigenvalue weighted by atomic mass is 10.2. The van der Waals surface area contributed by atoms with E-state index in [9.17, 15) is 4.79 Å². The summed E-state index contributed by atoms with van der Waals surface area (Å²) in [6.07, 6.45) is 2.30. The number of hydrogen-bond donors (Lipinski definition) is 0. The Morgan fingerprint density at radius 1 is 1.62 bits per heavy atom. The molecule has 1 rings (SSSR count). The van der Waals surface area contributed by atoms with Crippen LogP contribution in [-0.2, 0) is 19.0 Å². The number of hydrogen-bond acceptors (Lipinski definition) is 4. The van der Waals surface area contributed by atoms with Crippen molar-refractivity contribution in [3.63, 3.8) is 0 Å². The van der Waals surface area contributed by atoms with Gasteiger partial charge in [-0.3, -0.25) is 0 Å². The fourth-order valence-electron chi connectivity index (χ4n) is 1.25. The lowest BCUT2D eigenvalue weighted by Crippen LogP contribution is -2.19. The first-order valence-electron chi connectivity index (χ1n) is 4.68. The molecular weight excluding hydrogens is 172 g/mol. The van der Waals surface area contributed by atoms with E-state index in [1.807, 2.05) is 0 Å². The Morgan fingerprint density at radius 3 is 3.08 bits per heavy atom. The van der Waals surface area contributed by atoms with Crippen LogP contribution in [0.1, 0.15) is 19.8 Å². The molecule has 1 heterocycles. The van der Waals surface area contributed by atoms with Gasteiger partial charge in [-0.25, -0.2) is 4.79 Å². The number of carbonyl (C=O) groups excluding carboxylic acids is 1. The molecule has 0 aliphatic carbocycles. The van der Waals surface area contributed by atoms with Crippen LogP contribution in [0.2, 0.25) is 0 Å². The minimum atomic E-state index is -0.305. The Hall–Kier alpha value is -0.610. The summed E-state index contributed by atoms with van der Waals surface area (Å²) in [5, 5.41) is 0. The van der Waals surface area contributed by atoms with E-state index in [4.69, 9.17) is 14.2 Å². The van der Waals surface area contributed by atoms with E-state index in [2.05, 4.69) is 0 Å². The molecule has 4 heteroatoms. The number of ether oxygens (including phenoxy) is 3. The first kappa shape index (κ1) is 10.5. The molecule has 0 saturated carbocycles. The molecule has 0 aromatic rings. The molecule has 76 valence electrons. The molecular formula is C9H16O4. The smallest absolute Gasteiger partial charge is 0.332 e. The second kappa shape index (κ2) is 5.94. The van der Waals surface area contributed by atoms with Crippen molar-refractivity contribution < 1.29 is 19.0 Å². The van der Waals surface area contributed by atoms with E-state index in [-0.39, 0.29) is 18.7 Å². The van der Waals surface area contributed by atoms with Crippen LogP contribution in [0.15, 0.2) is 0 Å². The number of carbonyl (C=O) groups is 1. The van der Waals surface area contributed by atoms with Gasteiger partial charge in [-0.2, -0.15) is 0 Å². The van der Waals surface area contributed by atoms with Crippen LogP contribution < -0.4 is 0 Å². The Bertz CT molecular complexity index is 152. The summed E-state index contributed by atoms with van der Waals surface area (Å²) in [6.45, 7) is 3.53. The lowest BCUT2D eigenvalue weighted by molar-refractivity contribution is -0.149. The minimum absolute atomic E-state index is 0.0354. The van der Waals surface area contributed by atoms with E-state index < -0.39 is 0 Å². The summed E-state index contributed by atoms with van der Waals surface area (Å²) in [7, 11) is 0. The van der Waals surface area contributed by atoms with Crippen LogP contribution in [0.3, 0.4) is 0 Å². The van der Waals surface area contributed by atoms with Crippen molar-refractivity contribution in [2.24, 2.45) is 0 Å². The molecule has 1 saturated heterocycles. The molecule has 0 aromatic carbocycles. The van der Waals surface area contributed by atoms with Crippen molar-refractivity contribution in [3.8, 4) is 0 Å². The normalized spacial score (nSPS) is 21.8. The second-order valence-electron chi connectivity index (χ2n) is 2.96. The van der Waals surface area contributed by atoms with Gasteiger partial charge >= 0.3 is 5.97 Å². The lowest BCUT2D eigenvalue weighted by Gasteiger charge is -2.09. The van der Waals surface area contributed by atoms with Gasteiger partial charge in [0.15, 0.2) is 0 Å². The highest BCUT2D eigenvalue weighted by atomic mass is 16.6. The highest BCUT2D eigenvalue weighted by Crippen LogP contribution is 2.11. The van der Waals surface area contributed by atoms with Crippen molar-refractivity contribution in [2.75, 3.05) is 26.4 Å². The Kier molecular flexibility index (Phi) is 4.78. The predicted molar refractivity (Wildman–Crippen MR) is 46.4 cm³/mol. The van der Waals surface area contributed by atoms with Gasteiger partial charge in [0.2, 0.25) is 0 Å². The molecule has 4 nitrogen and oxygen atoms in total. The van der Waals surface area contributed by atoms with Crippen molar-refractivity contribution in [3.05, 3.63) is 0 Å². The molecule has 1 atom stereocenters. The van der Waals surface area contributed by atoms with Gasteiger partial charge < -0.3 is 14.2 Å². The third-order valence-corrected chi connectivity index (χ3v) is 1.85. The Morgan fingerprint density at radius 2 is 2.46 bits per heavy atom. The largest absolute Gasteiger partial charge is 0.464 e. The van der Waals surface area contributed by atoms with Crippen molar-refractivity contribution in [1.82, 2.24) is 0 Å². The quantitative estimate of drug-likeness (QED) is 0.597. The van der Waals surface area contributed by atoms with Gasteiger partial charge in [-0.15, -0.1) is 0 Å². The molecule has 1 aliphatic rings. The van der Waals surface area contributed by atoms with Crippen molar-refractivity contribution >= 4 is 5.97 Å². The van der Waals surface area contributed by atoms with E-state index in [0.717, 1.165) is 19.4 Å². The maximum Gasteiger partial charge on any atom is 0.332 e. The monoisotopic (exact) mass is 188 g/mol. The molecule has 0 amide bonds. The van der Waals surface area contributed by atoms with Crippen LogP contribution >= 0.6 is 0 Å². The fourth-order valence-corrected chi connectivity index (χ4v) is 1.25. The van der Waals surface area contributed by atoms with Gasteiger partial charge in [0, 0.05) is 6.61 Å². The molecule has 0 spiro atoms. The maximum atomic E-state index is 10.8. The molecule has 1 aliphatic heterocycles. The van der Waals surface area contributed by atoms with E-state index in [0.29, 0.717) is 13.2 Å². The van der Waals surface area contributed by atoms with Gasteiger partial charge in [0.25, 0.3) is 0 Å². The maximum absolute atomic E-state index is 10.8. The summed E-state index contributed by atoms with van der Waals surface area (Å²) >= 11 is 0. The van der Waals surface area contributed by atoms with Gasteiger partial charge in [0.05, 0.1) is 19.3 Å². The third-order valence-electron chi connectivity index (χ3n) is 1.85. The summed E-state index contributed by atoms with van der Waals surface area (Å²) in [4.78, 5) is 10.8. The summed E-state index contributed by atoms with van der Waals surface area (Å²) < 4.78 is 15.2. The predicted octanol–water partition coefficient (Wildman–Crippen LogP) is 0.745. The molecule has 0 N–H and O–H groups in total. The van der Waals surface area contributed by atoms with E-state index in [1.54, 1.807) is 6.92 Å². The highest BCUT2D eigenvalue weighted by molar-refractivity contribution is 5.70. The average molecular weight is 188 g/mol. The summed E-state index contributed by atoms with van der Waals surface area (Å²) in [5.41, 5.74) is 0. The zero-order valence-electron chi connectivity index (χ0n) is 7.95. The molecule has 0 radical (unpaired) electrons. The third kappa shape index (κ3) is 4.24. The fraction of sp³-hybridized carbons (Fsp3) is 0.889. The number of esters is 1. The zero-order chi connectivity index (χ0) is 9.52. The molecule has 1 unspecified atom stereocenters. The van der Waals surface area contributed by atoms with Crippen molar-refractivity contribution in [1.29, 1.82) is 0 Å². The Balaban J connectivity index is 1.96. The highest BCUT2D eigenvalue weighted by Gasteiger charge is 2.15. The standard InChI is InChI=1S/C9H16O4/c1-2-12-9(10)7-11-6-8-4-3-5-13-8/h8H,2-7H2,1H3. The molecule has 0 aromatic heterocycles. The van der Waals surface area contributed by atoms with E-state index >= 15 is 0 Å². The number of rotatable bonds is 5. The first-order valence-corrected chi connectivity index (χ1v) is 4.68. The molecule has 0 bridgehead atoms. The Labute approximate surface area is 78.2 Å². The van der Waals surface area contributed by atoms with E-state index in [1.165, 1.54) is 0 Å².